The minimum atomic E-state index is -1.13. The molecule has 5 rings (SSSR count). The van der Waals surface area contributed by atoms with Crippen molar-refractivity contribution in [2.75, 3.05) is 0 Å². The van der Waals surface area contributed by atoms with E-state index in [9.17, 15) is 9.59 Å². The molecular weight excluding hydrogens is 480 g/mol. The molecule has 0 aliphatic carbocycles. The highest BCUT2D eigenvalue weighted by molar-refractivity contribution is 7.13. The number of hydrogen-bond donors (Lipinski definition) is 1. The van der Waals surface area contributed by atoms with E-state index in [1.54, 1.807) is 33.1 Å². The highest BCUT2D eigenvalue weighted by atomic mass is 35.5. The monoisotopic (exact) mass is 504 g/mol. The van der Waals surface area contributed by atoms with Gasteiger partial charge >= 0.3 is 0 Å². The zero-order valence-electron chi connectivity index (χ0n) is 19.5. The summed E-state index contributed by atoms with van der Waals surface area (Å²) in [4.78, 5) is 30.1. The molecule has 35 heavy (non-hydrogen) atoms. The van der Waals surface area contributed by atoms with E-state index in [4.69, 9.17) is 11.6 Å². The summed E-state index contributed by atoms with van der Waals surface area (Å²) in [5.74, 6) is -0.449. The summed E-state index contributed by atoms with van der Waals surface area (Å²) >= 11 is 7.63. The van der Waals surface area contributed by atoms with Crippen molar-refractivity contribution in [3.63, 3.8) is 0 Å². The minimum absolute atomic E-state index is 0.222. The molecule has 1 atom stereocenters. The van der Waals surface area contributed by atoms with E-state index >= 15 is 0 Å². The predicted molar refractivity (Wildman–Crippen MR) is 138 cm³/mol. The number of halogens is 1. The van der Waals surface area contributed by atoms with Crippen LogP contribution in [0.5, 0.6) is 0 Å². The maximum absolute atomic E-state index is 13.8. The standard InChI is InChI=1S/C27H25ClN4O2S/c1-18-5-3-6-20(13-18)15-29-26(34)27(2)17-32-23(14-22(30-32)24-7-4-12-35-24)25(33)31(27)16-19-8-10-21(28)11-9-19/h3-14H,15-17H2,1-2H3,(H,29,34)/t27-/m0/s1. The van der Waals surface area contributed by atoms with E-state index in [2.05, 4.69) is 10.4 Å². The molecule has 1 aliphatic heterocycles. The molecule has 0 saturated heterocycles. The van der Waals surface area contributed by atoms with Crippen LogP contribution in [0, 0.1) is 6.92 Å². The first-order valence-corrected chi connectivity index (χ1v) is 12.6. The van der Waals surface area contributed by atoms with Gasteiger partial charge in [-0.2, -0.15) is 5.10 Å². The summed E-state index contributed by atoms with van der Waals surface area (Å²) in [6.07, 6.45) is 0. The number of carbonyl (C=O) groups excluding carboxylic acids is 2. The second kappa shape index (κ2) is 9.32. The lowest BCUT2D eigenvalue weighted by Crippen LogP contribution is -2.63. The first-order valence-electron chi connectivity index (χ1n) is 11.4. The van der Waals surface area contributed by atoms with E-state index in [-0.39, 0.29) is 24.9 Å². The Morgan fingerprint density at radius 1 is 1.11 bits per heavy atom. The fourth-order valence-corrected chi connectivity index (χ4v) is 5.21. The van der Waals surface area contributed by atoms with Gasteiger partial charge in [0.15, 0.2) is 0 Å². The molecule has 0 radical (unpaired) electrons. The quantitative estimate of drug-likeness (QED) is 0.387. The molecule has 1 N–H and O–H groups in total. The molecule has 6 nitrogen and oxygen atoms in total. The fraction of sp³-hybridized carbons (Fsp3) is 0.222. The second-order valence-corrected chi connectivity index (χ2v) is 10.4. The SMILES string of the molecule is Cc1cccc(CNC(=O)[C@]2(C)Cn3nc(-c4cccs4)cc3C(=O)N2Cc2ccc(Cl)cc2)c1. The van der Waals surface area contributed by atoms with Gasteiger partial charge in [0.25, 0.3) is 5.91 Å². The number of nitrogens with zero attached hydrogens (tertiary/aromatic N) is 3. The molecule has 4 aromatic rings. The lowest BCUT2D eigenvalue weighted by atomic mass is 9.94. The third-order valence-corrected chi connectivity index (χ3v) is 7.49. The third-order valence-electron chi connectivity index (χ3n) is 6.35. The zero-order valence-corrected chi connectivity index (χ0v) is 21.1. The van der Waals surface area contributed by atoms with Crippen LogP contribution in [0.4, 0.5) is 0 Å². The molecule has 2 aromatic heterocycles. The molecule has 178 valence electrons. The predicted octanol–water partition coefficient (Wildman–Crippen LogP) is 5.30. The number of hydrogen-bond acceptors (Lipinski definition) is 4. The highest BCUT2D eigenvalue weighted by Crippen LogP contribution is 2.32. The fourth-order valence-electron chi connectivity index (χ4n) is 4.40. The van der Waals surface area contributed by atoms with Crippen LogP contribution in [0.3, 0.4) is 0 Å². The van der Waals surface area contributed by atoms with E-state index in [0.717, 1.165) is 27.3 Å². The first-order chi connectivity index (χ1) is 16.8. The lowest BCUT2D eigenvalue weighted by Gasteiger charge is -2.43. The van der Waals surface area contributed by atoms with Gasteiger partial charge in [-0.3, -0.25) is 14.3 Å². The Kier molecular flexibility index (Phi) is 6.21. The number of benzene rings is 2. The smallest absolute Gasteiger partial charge is 0.273 e. The Labute approximate surface area is 213 Å². The van der Waals surface area contributed by atoms with Crippen LogP contribution < -0.4 is 5.32 Å². The summed E-state index contributed by atoms with van der Waals surface area (Å²) in [5, 5.41) is 10.3. The molecule has 8 heteroatoms. The second-order valence-electron chi connectivity index (χ2n) is 9.01. The van der Waals surface area contributed by atoms with Crippen LogP contribution in [0.1, 0.15) is 34.1 Å². The van der Waals surface area contributed by atoms with Crippen LogP contribution in [0.15, 0.2) is 72.1 Å². The molecule has 1 aliphatic rings. The molecular formula is C27H25ClN4O2S. The van der Waals surface area contributed by atoms with Crippen LogP contribution in [-0.2, 0) is 24.4 Å². The van der Waals surface area contributed by atoms with Gasteiger partial charge in [0, 0.05) is 18.1 Å². The van der Waals surface area contributed by atoms with Crippen molar-refractivity contribution in [1.82, 2.24) is 20.0 Å². The Hall–Kier alpha value is -3.42. The zero-order chi connectivity index (χ0) is 24.6. The normalized spacial score (nSPS) is 17.3. The van der Waals surface area contributed by atoms with E-state index in [1.807, 2.05) is 73.8 Å². The van der Waals surface area contributed by atoms with Gasteiger partial charge < -0.3 is 10.2 Å². The minimum Gasteiger partial charge on any atom is -0.350 e. The van der Waals surface area contributed by atoms with Gasteiger partial charge in [0.05, 0.1) is 11.4 Å². The number of nitrogens with one attached hydrogen (secondary N) is 1. The number of amides is 2. The summed E-state index contributed by atoms with van der Waals surface area (Å²) in [5.41, 5.74) is 3.11. The van der Waals surface area contributed by atoms with Gasteiger partial charge in [-0.15, -0.1) is 11.3 Å². The number of rotatable bonds is 6. The van der Waals surface area contributed by atoms with Gasteiger partial charge in [-0.25, -0.2) is 0 Å². The summed E-state index contributed by atoms with van der Waals surface area (Å²) in [7, 11) is 0. The van der Waals surface area contributed by atoms with Crippen molar-refractivity contribution in [3.05, 3.63) is 99.5 Å². The van der Waals surface area contributed by atoms with Crippen molar-refractivity contribution in [1.29, 1.82) is 0 Å². The van der Waals surface area contributed by atoms with E-state index < -0.39 is 5.54 Å². The Morgan fingerprint density at radius 2 is 1.91 bits per heavy atom. The van der Waals surface area contributed by atoms with E-state index in [0.29, 0.717) is 17.3 Å². The molecule has 0 spiro atoms. The van der Waals surface area contributed by atoms with Crippen molar-refractivity contribution < 1.29 is 9.59 Å². The molecule has 3 heterocycles. The van der Waals surface area contributed by atoms with E-state index in [1.165, 1.54) is 0 Å². The molecule has 0 unspecified atom stereocenters. The molecule has 0 fully saturated rings. The molecule has 0 saturated carbocycles. The maximum Gasteiger partial charge on any atom is 0.273 e. The van der Waals surface area contributed by atoms with Gasteiger partial charge in [0.2, 0.25) is 5.91 Å². The van der Waals surface area contributed by atoms with Crippen LogP contribution >= 0.6 is 22.9 Å². The van der Waals surface area contributed by atoms with Gasteiger partial charge in [0.1, 0.15) is 16.9 Å². The summed E-state index contributed by atoms with van der Waals surface area (Å²) in [6, 6.07) is 21.1. The van der Waals surface area contributed by atoms with Gasteiger partial charge in [-0.1, -0.05) is 59.6 Å². The highest BCUT2D eigenvalue weighted by Gasteiger charge is 2.48. The van der Waals surface area contributed by atoms with Gasteiger partial charge in [-0.05, 0) is 54.6 Å². The van der Waals surface area contributed by atoms with Crippen molar-refractivity contribution in [2.24, 2.45) is 0 Å². The largest absolute Gasteiger partial charge is 0.350 e. The number of aryl methyl sites for hydroxylation is 1. The Morgan fingerprint density at radius 3 is 2.63 bits per heavy atom. The third kappa shape index (κ3) is 4.61. The number of carbonyl (C=O) groups is 2. The molecule has 2 amide bonds. The number of aromatic nitrogens is 2. The van der Waals surface area contributed by atoms with Crippen molar-refractivity contribution in [2.45, 2.75) is 39.0 Å². The average molecular weight is 505 g/mol. The lowest BCUT2D eigenvalue weighted by molar-refractivity contribution is -0.133. The number of thiophene rings is 1. The van der Waals surface area contributed by atoms with Crippen LogP contribution in [0.25, 0.3) is 10.6 Å². The number of fused-ring (bicyclic) bond motifs is 1. The average Bonchev–Trinajstić information content (AvgIpc) is 3.51. The Bertz CT molecular complexity index is 1380. The topological polar surface area (TPSA) is 67.2 Å². The summed E-state index contributed by atoms with van der Waals surface area (Å²) in [6.45, 7) is 4.74. The van der Waals surface area contributed by atoms with Crippen molar-refractivity contribution in [3.8, 4) is 10.6 Å². The van der Waals surface area contributed by atoms with Crippen molar-refractivity contribution >= 4 is 34.8 Å². The van der Waals surface area contributed by atoms with Crippen LogP contribution in [0.2, 0.25) is 5.02 Å². The van der Waals surface area contributed by atoms with Crippen LogP contribution in [-0.4, -0.2) is 32.0 Å². The Balaban J connectivity index is 1.48. The first kappa shape index (κ1) is 23.3. The molecule has 0 bridgehead atoms. The maximum atomic E-state index is 13.8. The molecule has 2 aromatic carbocycles. The summed E-state index contributed by atoms with van der Waals surface area (Å²) < 4.78 is 1.67.